The van der Waals surface area contributed by atoms with Gasteiger partial charge in [0.05, 0.1) is 0 Å². The minimum atomic E-state index is -3.57. The highest BCUT2D eigenvalue weighted by molar-refractivity contribution is 7.88. The quantitative estimate of drug-likeness (QED) is 0.896. The maximum Gasteiger partial charge on any atom is 0.301 e. The first-order chi connectivity index (χ1) is 8.93. The van der Waals surface area contributed by atoms with Gasteiger partial charge in [0.2, 0.25) is 0 Å². The van der Waals surface area contributed by atoms with E-state index >= 15 is 0 Å². The lowest BCUT2D eigenvalue weighted by Crippen LogP contribution is -2.24. The van der Waals surface area contributed by atoms with Crippen LogP contribution in [-0.2, 0) is 10.2 Å². The fraction of sp³-hybridized carbons (Fsp3) is 0.364. The summed E-state index contributed by atoms with van der Waals surface area (Å²) in [5.41, 5.74) is 0.620. The van der Waals surface area contributed by atoms with Gasteiger partial charge in [-0.1, -0.05) is 36.2 Å². The SMILES string of the molecule is CCCN=C1NS(=O)(=O)NC1c1ccc(Cl)cc1Cl. The van der Waals surface area contributed by atoms with Crippen LogP contribution in [-0.4, -0.2) is 20.8 Å². The molecule has 0 aromatic heterocycles. The van der Waals surface area contributed by atoms with E-state index in [1.54, 1.807) is 18.2 Å². The zero-order chi connectivity index (χ0) is 14.0. The van der Waals surface area contributed by atoms with Crippen LogP contribution in [0.4, 0.5) is 0 Å². The molecule has 1 heterocycles. The standard InChI is InChI=1S/C11H13Cl2N3O2S/c1-2-5-14-11-10(15-19(17,18)16-11)8-4-3-7(12)6-9(8)13/h3-4,6,10,15H,2,5H2,1H3,(H,14,16). The molecule has 5 nitrogen and oxygen atoms in total. The van der Waals surface area contributed by atoms with Crippen molar-refractivity contribution in [1.82, 2.24) is 9.44 Å². The number of hydrogen-bond acceptors (Lipinski definition) is 3. The average molecular weight is 322 g/mol. The molecule has 1 aromatic rings. The Morgan fingerprint density at radius 1 is 1.37 bits per heavy atom. The Bertz CT molecular complexity index is 616. The van der Waals surface area contributed by atoms with Crippen LogP contribution >= 0.6 is 23.2 Å². The number of benzene rings is 1. The van der Waals surface area contributed by atoms with Crippen molar-refractivity contribution in [1.29, 1.82) is 0 Å². The molecule has 1 aromatic carbocycles. The smallest absolute Gasteiger partial charge is 0.270 e. The van der Waals surface area contributed by atoms with Gasteiger partial charge in [-0.15, -0.1) is 0 Å². The van der Waals surface area contributed by atoms with E-state index in [0.29, 0.717) is 28.0 Å². The summed E-state index contributed by atoms with van der Waals surface area (Å²) in [4.78, 5) is 4.23. The molecule has 1 aliphatic rings. The summed E-state index contributed by atoms with van der Waals surface area (Å²) < 4.78 is 28.0. The Kier molecular flexibility index (Phi) is 4.35. The van der Waals surface area contributed by atoms with E-state index in [9.17, 15) is 8.42 Å². The Morgan fingerprint density at radius 2 is 2.11 bits per heavy atom. The van der Waals surface area contributed by atoms with E-state index in [0.717, 1.165) is 6.42 Å². The van der Waals surface area contributed by atoms with Crippen LogP contribution in [0.2, 0.25) is 10.0 Å². The lowest BCUT2D eigenvalue weighted by Gasteiger charge is -2.11. The summed E-state index contributed by atoms with van der Waals surface area (Å²) in [6.45, 7) is 2.51. The van der Waals surface area contributed by atoms with Crippen LogP contribution in [0, 0.1) is 0 Å². The molecular weight excluding hydrogens is 309 g/mol. The summed E-state index contributed by atoms with van der Waals surface area (Å²) in [6.07, 6.45) is 0.826. The minimum absolute atomic E-state index is 0.353. The molecular formula is C11H13Cl2N3O2S. The van der Waals surface area contributed by atoms with Gasteiger partial charge >= 0.3 is 10.2 Å². The van der Waals surface area contributed by atoms with Crippen molar-refractivity contribution >= 4 is 39.2 Å². The Morgan fingerprint density at radius 3 is 2.74 bits per heavy atom. The molecule has 0 amide bonds. The highest BCUT2D eigenvalue weighted by Crippen LogP contribution is 2.29. The zero-order valence-electron chi connectivity index (χ0n) is 10.2. The highest BCUT2D eigenvalue weighted by atomic mass is 35.5. The van der Waals surface area contributed by atoms with Gasteiger partial charge in [-0.25, -0.2) is 0 Å². The molecule has 19 heavy (non-hydrogen) atoms. The van der Waals surface area contributed by atoms with Crippen molar-refractivity contribution in [2.75, 3.05) is 6.54 Å². The van der Waals surface area contributed by atoms with Crippen LogP contribution < -0.4 is 9.44 Å². The monoisotopic (exact) mass is 321 g/mol. The highest BCUT2D eigenvalue weighted by Gasteiger charge is 2.34. The molecule has 1 fully saturated rings. The molecule has 8 heteroatoms. The molecule has 1 saturated heterocycles. The van der Waals surface area contributed by atoms with Gasteiger partial charge in [0, 0.05) is 16.6 Å². The molecule has 104 valence electrons. The van der Waals surface area contributed by atoms with E-state index in [2.05, 4.69) is 14.4 Å². The van der Waals surface area contributed by atoms with E-state index in [-0.39, 0.29) is 0 Å². The van der Waals surface area contributed by atoms with Crippen molar-refractivity contribution in [2.45, 2.75) is 19.4 Å². The van der Waals surface area contributed by atoms with Gasteiger partial charge in [0.15, 0.2) is 0 Å². The number of halogens is 2. The van der Waals surface area contributed by atoms with Gasteiger partial charge in [0.1, 0.15) is 11.9 Å². The molecule has 1 atom stereocenters. The molecule has 0 bridgehead atoms. The first-order valence-electron chi connectivity index (χ1n) is 5.72. The summed E-state index contributed by atoms with van der Waals surface area (Å²) in [6, 6.07) is 4.32. The average Bonchev–Trinajstić information content (AvgIpc) is 2.62. The van der Waals surface area contributed by atoms with Crippen molar-refractivity contribution in [2.24, 2.45) is 4.99 Å². The van der Waals surface area contributed by atoms with E-state index in [4.69, 9.17) is 23.2 Å². The Hall–Kier alpha value is -0.820. The number of aliphatic imine (C=N–C) groups is 1. The number of rotatable bonds is 3. The maximum atomic E-state index is 11.6. The largest absolute Gasteiger partial charge is 0.301 e. The molecule has 0 radical (unpaired) electrons. The van der Waals surface area contributed by atoms with Crippen LogP contribution in [0.15, 0.2) is 23.2 Å². The second-order valence-electron chi connectivity index (χ2n) is 4.09. The molecule has 0 aliphatic carbocycles. The molecule has 1 unspecified atom stereocenters. The first kappa shape index (κ1) is 14.6. The Labute approximate surface area is 122 Å². The number of nitrogens with zero attached hydrogens (tertiary/aromatic N) is 1. The summed E-state index contributed by atoms with van der Waals surface area (Å²) in [5.74, 6) is 0.353. The lowest BCUT2D eigenvalue weighted by molar-refractivity contribution is 0.583. The van der Waals surface area contributed by atoms with Gasteiger partial charge in [0.25, 0.3) is 0 Å². The third kappa shape index (κ3) is 3.39. The van der Waals surface area contributed by atoms with Gasteiger partial charge in [-0.3, -0.25) is 9.71 Å². The minimum Gasteiger partial charge on any atom is -0.270 e. The summed E-state index contributed by atoms with van der Waals surface area (Å²) >= 11 is 11.9. The molecule has 1 aliphatic heterocycles. The second kappa shape index (κ2) is 5.66. The topological polar surface area (TPSA) is 70.6 Å². The van der Waals surface area contributed by atoms with E-state index in [1.807, 2.05) is 6.92 Å². The fourth-order valence-electron chi connectivity index (χ4n) is 1.74. The maximum absolute atomic E-state index is 11.6. The zero-order valence-corrected chi connectivity index (χ0v) is 12.5. The molecule has 0 saturated carbocycles. The molecule has 2 rings (SSSR count). The van der Waals surface area contributed by atoms with Crippen LogP contribution in [0.1, 0.15) is 24.9 Å². The van der Waals surface area contributed by atoms with Crippen LogP contribution in [0.25, 0.3) is 0 Å². The summed E-state index contributed by atoms with van der Waals surface area (Å²) in [7, 11) is -3.57. The third-order valence-corrected chi connectivity index (χ3v) is 4.15. The van der Waals surface area contributed by atoms with Crippen molar-refractivity contribution in [3.63, 3.8) is 0 Å². The van der Waals surface area contributed by atoms with Crippen LogP contribution in [0.3, 0.4) is 0 Å². The van der Waals surface area contributed by atoms with Crippen molar-refractivity contribution in [3.05, 3.63) is 33.8 Å². The number of hydrogen-bond donors (Lipinski definition) is 2. The van der Waals surface area contributed by atoms with Gasteiger partial charge < -0.3 is 0 Å². The number of nitrogens with one attached hydrogen (secondary N) is 2. The lowest BCUT2D eigenvalue weighted by atomic mass is 10.1. The normalized spacial score (nSPS) is 23.5. The van der Waals surface area contributed by atoms with Crippen molar-refractivity contribution in [3.8, 4) is 0 Å². The second-order valence-corrected chi connectivity index (χ2v) is 6.38. The number of amidine groups is 1. The van der Waals surface area contributed by atoms with Crippen molar-refractivity contribution < 1.29 is 8.42 Å². The van der Waals surface area contributed by atoms with Gasteiger partial charge in [-0.05, 0) is 24.1 Å². The first-order valence-corrected chi connectivity index (χ1v) is 7.96. The molecule has 2 N–H and O–H groups in total. The predicted octanol–water partition coefficient (Wildman–Crippen LogP) is 2.28. The Balaban J connectivity index is 2.40. The summed E-state index contributed by atoms with van der Waals surface area (Å²) in [5, 5.41) is 0.891. The van der Waals surface area contributed by atoms with Gasteiger partial charge in [-0.2, -0.15) is 13.1 Å². The third-order valence-electron chi connectivity index (χ3n) is 2.56. The van der Waals surface area contributed by atoms with Crippen LogP contribution in [0.5, 0.6) is 0 Å². The molecule has 0 spiro atoms. The van der Waals surface area contributed by atoms with E-state index < -0.39 is 16.3 Å². The predicted molar refractivity (Wildman–Crippen MR) is 77.0 cm³/mol. The van der Waals surface area contributed by atoms with E-state index in [1.165, 1.54) is 0 Å². The fourth-order valence-corrected chi connectivity index (χ4v) is 3.32.